The van der Waals surface area contributed by atoms with E-state index in [4.69, 9.17) is 0 Å². The fourth-order valence-corrected chi connectivity index (χ4v) is 2.52. The number of aromatic nitrogens is 3. The molecule has 0 radical (unpaired) electrons. The summed E-state index contributed by atoms with van der Waals surface area (Å²) in [6.07, 6.45) is 1.98. The molecule has 1 aromatic carbocycles. The van der Waals surface area contributed by atoms with Gasteiger partial charge in [0, 0.05) is 30.7 Å². The van der Waals surface area contributed by atoms with Crippen molar-refractivity contribution >= 4 is 16.6 Å². The fourth-order valence-electron chi connectivity index (χ4n) is 2.52. The van der Waals surface area contributed by atoms with Crippen LogP contribution < -0.4 is 5.32 Å². The summed E-state index contributed by atoms with van der Waals surface area (Å²) < 4.78 is 1.91. The van der Waals surface area contributed by atoms with Gasteiger partial charge in [-0.2, -0.15) is 5.10 Å². The summed E-state index contributed by atoms with van der Waals surface area (Å²) >= 11 is 0. The molecule has 2 aromatic heterocycles. The summed E-state index contributed by atoms with van der Waals surface area (Å²) in [5.41, 5.74) is 5.82. The predicted octanol–water partition coefficient (Wildman–Crippen LogP) is 3.13. The molecular weight excluding hydrogens is 236 g/mol. The van der Waals surface area contributed by atoms with Crippen molar-refractivity contribution < 1.29 is 0 Å². The summed E-state index contributed by atoms with van der Waals surface area (Å²) in [5, 5.41) is 9.20. The van der Waals surface area contributed by atoms with Gasteiger partial charge >= 0.3 is 0 Å². The smallest absolute Gasteiger partial charge is 0.0827 e. The van der Waals surface area contributed by atoms with E-state index in [1.807, 2.05) is 24.9 Å². The summed E-state index contributed by atoms with van der Waals surface area (Å²) in [4.78, 5) is 3.24. The van der Waals surface area contributed by atoms with Crippen molar-refractivity contribution in [2.24, 2.45) is 7.05 Å². The van der Waals surface area contributed by atoms with Crippen molar-refractivity contribution in [1.29, 1.82) is 0 Å². The number of benzene rings is 1. The Hall–Kier alpha value is -2.23. The number of fused-ring (bicyclic) bond motifs is 1. The number of H-pyrrole nitrogens is 1. The number of aryl methyl sites for hydroxylation is 2. The maximum atomic E-state index is 4.42. The van der Waals surface area contributed by atoms with Gasteiger partial charge in [0.2, 0.25) is 0 Å². The number of rotatable bonds is 3. The molecule has 98 valence electrons. The van der Waals surface area contributed by atoms with Crippen LogP contribution in [0.1, 0.15) is 17.0 Å². The first-order valence-corrected chi connectivity index (χ1v) is 6.46. The molecule has 0 aliphatic carbocycles. The van der Waals surface area contributed by atoms with Crippen LogP contribution in [0.2, 0.25) is 0 Å². The second kappa shape index (κ2) is 4.46. The third-order valence-electron chi connectivity index (χ3n) is 3.65. The van der Waals surface area contributed by atoms with E-state index in [1.54, 1.807) is 0 Å². The average molecular weight is 254 g/mol. The molecule has 0 bridgehead atoms. The van der Waals surface area contributed by atoms with Gasteiger partial charge in [0.1, 0.15) is 0 Å². The van der Waals surface area contributed by atoms with Crippen molar-refractivity contribution in [3.63, 3.8) is 0 Å². The average Bonchev–Trinajstić information content (AvgIpc) is 2.95. The molecule has 2 heterocycles. The van der Waals surface area contributed by atoms with E-state index in [1.165, 1.54) is 22.2 Å². The number of aromatic amines is 1. The zero-order chi connectivity index (χ0) is 13.4. The number of hydrogen-bond donors (Lipinski definition) is 2. The molecule has 0 amide bonds. The Morgan fingerprint density at radius 1 is 1.26 bits per heavy atom. The standard InChI is InChI=1S/C15H18N4/c1-10-15(11(2)19(3)18-10)17-9-12-5-4-6-14-13(12)7-8-16-14/h4-8,16-17H,9H2,1-3H3. The van der Waals surface area contributed by atoms with Gasteiger partial charge in [-0.3, -0.25) is 4.68 Å². The molecular formula is C15H18N4. The maximum absolute atomic E-state index is 4.42. The summed E-state index contributed by atoms with van der Waals surface area (Å²) in [5.74, 6) is 0. The topological polar surface area (TPSA) is 45.6 Å². The van der Waals surface area contributed by atoms with Crippen LogP contribution in [0.15, 0.2) is 30.5 Å². The molecule has 0 saturated heterocycles. The van der Waals surface area contributed by atoms with E-state index in [2.05, 4.69) is 46.6 Å². The van der Waals surface area contributed by atoms with Crippen LogP contribution in [0.5, 0.6) is 0 Å². The number of nitrogens with zero attached hydrogens (tertiary/aromatic N) is 2. The first-order chi connectivity index (χ1) is 9.16. The molecule has 0 unspecified atom stereocenters. The van der Waals surface area contributed by atoms with Gasteiger partial charge in [-0.1, -0.05) is 12.1 Å². The van der Waals surface area contributed by atoms with Crippen LogP contribution >= 0.6 is 0 Å². The van der Waals surface area contributed by atoms with Gasteiger partial charge in [-0.15, -0.1) is 0 Å². The zero-order valence-corrected chi connectivity index (χ0v) is 11.5. The van der Waals surface area contributed by atoms with Gasteiger partial charge in [-0.25, -0.2) is 0 Å². The number of anilines is 1. The highest BCUT2D eigenvalue weighted by Crippen LogP contribution is 2.22. The van der Waals surface area contributed by atoms with Gasteiger partial charge in [-0.05, 0) is 31.5 Å². The van der Waals surface area contributed by atoms with Crippen molar-refractivity contribution in [3.05, 3.63) is 47.4 Å². The molecule has 0 saturated carbocycles. The Balaban J connectivity index is 1.88. The molecule has 4 heteroatoms. The van der Waals surface area contributed by atoms with Crippen LogP contribution in [0.25, 0.3) is 10.9 Å². The Morgan fingerprint density at radius 2 is 2.11 bits per heavy atom. The van der Waals surface area contributed by atoms with Crippen molar-refractivity contribution in [2.45, 2.75) is 20.4 Å². The van der Waals surface area contributed by atoms with Crippen LogP contribution in [-0.2, 0) is 13.6 Å². The highest BCUT2D eigenvalue weighted by Gasteiger charge is 2.09. The molecule has 3 rings (SSSR count). The summed E-state index contributed by atoms with van der Waals surface area (Å²) in [6.45, 7) is 4.92. The zero-order valence-electron chi connectivity index (χ0n) is 11.5. The molecule has 0 atom stereocenters. The third kappa shape index (κ3) is 1.99. The number of nitrogens with one attached hydrogen (secondary N) is 2. The lowest BCUT2D eigenvalue weighted by atomic mass is 10.1. The van der Waals surface area contributed by atoms with Gasteiger partial charge in [0.05, 0.1) is 17.1 Å². The Kier molecular flexibility index (Phi) is 2.78. The number of hydrogen-bond acceptors (Lipinski definition) is 2. The second-order valence-electron chi connectivity index (χ2n) is 4.88. The van der Waals surface area contributed by atoms with E-state index in [0.29, 0.717) is 0 Å². The molecule has 0 aliphatic rings. The largest absolute Gasteiger partial charge is 0.378 e. The monoisotopic (exact) mass is 254 g/mol. The van der Waals surface area contributed by atoms with Crippen LogP contribution in [0.4, 0.5) is 5.69 Å². The maximum Gasteiger partial charge on any atom is 0.0827 e. The van der Waals surface area contributed by atoms with Crippen molar-refractivity contribution in [2.75, 3.05) is 5.32 Å². The Morgan fingerprint density at radius 3 is 2.84 bits per heavy atom. The highest BCUT2D eigenvalue weighted by atomic mass is 15.3. The molecule has 0 spiro atoms. The minimum Gasteiger partial charge on any atom is -0.378 e. The molecule has 3 aromatic rings. The Bertz CT molecular complexity index is 721. The lowest BCUT2D eigenvalue weighted by Gasteiger charge is -2.08. The second-order valence-corrected chi connectivity index (χ2v) is 4.88. The van der Waals surface area contributed by atoms with E-state index in [-0.39, 0.29) is 0 Å². The summed E-state index contributed by atoms with van der Waals surface area (Å²) in [7, 11) is 1.97. The molecule has 0 fully saturated rings. The van der Waals surface area contributed by atoms with E-state index in [0.717, 1.165) is 17.9 Å². The van der Waals surface area contributed by atoms with E-state index < -0.39 is 0 Å². The van der Waals surface area contributed by atoms with E-state index >= 15 is 0 Å². The van der Waals surface area contributed by atoms with E-state index in [9.17, 15) is 0 Å². The first-order valence-electron chi connectivity index (χ1n) is 6.46. The minimum absolute atomic E-state index is 0.808. The fraction of sp³-hybridized carbons (Fsp3) is 0.267. The lowest BCUT2D eigenvalue weighted by Crippen LogP contribution is -2.02. The Labute approximate surface area is 112 Å². The summed E-state index contributed by atoms with van der Waals surface area (Å²) in [6, 6.07) is 8.46. The SMILES string of the molecule is Cc1nn(C)c(C)c1NCc1cccc2[nH]ccc12. The molecule has 2 N–H and O–H groups in total. The molecule has 4 nitrogen and oxygen atoms in total. The van der Waals surface area contributed by atoms with Crippen molar-refractivity contribution in [3.8, 4) is 0 Å². The molecule has 19 heavy (non-hydrogen) atoms. The van der Waals surface area contributed by atoms with Gasteiger partial charge in [0.25, 0.3) is 0 Å². The van der Waals surface area contributed by atoms with Crippen LogP contribution in [0, 0.1) is 13.8 Å². The predicted molar refractivity (Wildman–Crippen MR) is 78.3 cm³/mol. The first kappa shape index (κ1) is 11.8. The minimum atomic E-state index is 0.808. The van der Waals surface area contributed by atoms with Crippen LogP contribution in [0.3, 0.4) is 0 Å². The lowest BCUT2D eigenvalue weighted by molar-refractivity contribution is 0.731. The highest BCUT2D eigenvalue weighted by molar-refractivity contribution is 5.83. The molecule has 0 aliphatic heterocycles. The quantitative estimate of drug-likeness (QED) is 0.754. The van der Waals surface area contributed by atoms with Crippen LogP contribution in [-0.4, -0.2) is 14.8 Å². The van der Waals surface area contributed by atoms with Crippen molar-refractivity contribution in [1.82, 2.24) is 14.8 Å². The third-order valence-corrected chi connectivity index (χ3v) is 3.65. The normalized spacial score (nSPS) is 11.1. The van der Waals surface area contributed by atoms with Gasteiger partial charge < -0.3 is 10.3 Å². The van der Waals surface area contributed by atoms with Gasteiger partial charge in [0.15, 0.2) is 0 Å².